The first-order valence-electron chi connectivity index (χ1n) is 8.44. The van der Waals surface area contributed by atoms with Gasteiger partial charge in [0.2, 0.25) is 4.96 Å². The smallest absolute Gasteiger partial charge is 0.255 e. The summed E-state index contributed by atoms with van der Waals surface area (Å²) in [6.45, 7) is 4.00. The topological polar surface area (TPSA) is 72.2 Å². The average molecular weight is 489 g/mol. The fourth-order valence-electron chi connectivity index (χ4n) is 2.71. The van der Waals surface area contributed by atoms with Crippen molar-refractivity contribution < 1.29 is 4.79 Å². The van der Waals surface area contributed by atoms with Crippen molar-refractivity contribution in [1.82, 2.24) is 19.8 Å². The normalized spacial score (nSPS) is 11.1. The van der Waals surface area contributed by atoms with Crippen LogP contribution in [0.1, 0.15) is 28.7 Å². The zero-order valence-corrected chi connectivity index (χ0v) is 17.7. The fraction of sp³-hybridized carbons (Fsp3) is 0.158. The van der Waals surface area contributed by atoms with Crippen LogP contribution in [0.15, 0.2) is 42.5 Å². The number of anilines is 1. The van der Waals surface area contributed by atoms with Crippen molar-refractivity contribution >= 4 is 50.5 Å². The molecule has 0 saturated carbocycles. The highest BCUT2D eigenvalue weighted by Gasteiger charge is 2.14. The molecule has 0 bridgehead atoms. The number of hydrogen-bond donors (Lipinski definition) is 1. The van der Waals surface area contributed by atoms with Gasteiger partial charge in [-0.15, -0.1) is 10.2 Å². The minimum Gasteiger partial charge on any atom is -0.322 e. The summed E-state index contributed by atoms with van der Waals surface area (Å²) in [6, 6.07) is 13.5. The Kier molecular flexibility index (Phi) is 4.92. The van der Waals surface area contributed by atoms with Gasteiger partial charge in [-0.05, 0) is 59.3 Å². The molecule has 27 heavy (non-hydrogen) atoms. The molecule has 4 aromatic rings. The van der Waals surface area contributed by atoms with Crippen molar-refractivity contribution in [3.8, 4) is 10.6 Å². The standard InChI is InChI=1S/C19H16IN5OS/c1-3-16-22-23-19-25(16)24-18(27-19)13-8-7-11(2)15(10-13)21-17(26)12-5-4-6-14(20)9-12/h4-10H,3H2,1-2H3,(H,21,26). The van der Waals surface area contributed by atoms with Crippen LogP contribution in [-0.2, 0) is 6.42 Å². The predicted molar refractivity (Wildman–Crippen MR) is 115 cm³/mol. The second-order valence-electron chi connectivity index (χ2n) is 6.07. The number of rotatable bonds is 4. The Bertz CT molecular complexity index is 1150. The largest absolute Gasteiger partial charge is 0.322 e. The van der Waals surface area contributed by atoms with Crippen molar-refractivity contribution in [1.29, 1.82) is 0 Å². The van der Waals surface area contributed by atoms with Crippen LogP contribution in [0.5, 0.6) is 0 Å². The van der Waals surface area contributed by atoms with Gasteiger partial charge in [-0.3, -0.25) is 4.79 Å². The number of benzene rings is 2. The molecule has 1 amide bonds. The molecule has 2 aromatic carbocycles. The highest BCUT2D eigenvalue weighted by atomic mass is 127. The van der Waals surface area contributed by atoms with Gasteiger partial charge < -0.3 is 5.32 Å². The van der Waals surface area contributed by atoms with E-state index in [0.717, 1.165) is 42.6 Å². The lowest BCUT2D eigenvalue weighted by atomic mass is 10.1. The third kappa shape index (κ3) is 3.59. The van der Waals surface area contributed by atoms with Crippen molar-refractivity contribution in [2.75, 3.05) is 5.32 Å². The van der Waals surface area contributed by atoms with Crippen molar-refractivity contribution in [2.24, 2.45) is 0 Å². The van der Waals surface area contributed by atoms with E-state index in [9.17, 15) is 4.79 Å². The van der Waals surface area contributed by atoms with E-state index < -0.39 is 0 Å². The first kappa shape index (κ1) is 18.1. The fourth-order valence-corrected chi connectivity index (χ4v) is 4.11. The zero-order valence-electron chi connectivity index (χ0n) is 14.7. The first-order valence-corrected chi connectivity index (χ1v) is 10.3. The van der Waals surface area contributed by atoms with Gasteiger partial charge in [-0.2, -0.15) is 9.61 Å². The summed E-state index contributed by atoms with van der Waals surface area (Å²) < 4.78 is 2.81. The molecule has 0 radical (unpaired) electrons. The number of carbonyl (C=O) groups excluding carboxylic acids is 1. The van der Waals surface area contributed by atoms with Gasteiger partial charge in [-0.1, -0.05) is 36.5 Å². The number of hydrogen-bond acceptors (Lipinski definition) is 5. The van der Waals surface area contributed by atoms with Gasteiger partial charge in [0, 0.05) is 26.8 Å². The molecule has 0 aliphatic rings. The lowest BCUT2D eigenvalue weighted by Gasteiger charge is -2.10. The molecular formula is C19H16IN5OS. The molecule has 0 aliphatic heterocycles. The van der Waals surface area contributed by atoms with Crippen molar-refractivity contribution in [3.63, 3.8) is 0 Å². The summed E-state index contributed by atoms with van der Waals surface area (Å²) in [7, 11) is 0. The van der Waals surface area contributed by atoms with Crippen LogP contribution < -0.4 is 5.32 Å². The molecule has 2 heterocycles. The Balaban J connectivity index is 1.66. The number of nitrogens with zero attached hydrogens (tertiary/aromatic N) is 4. The summed E-state index contributed by atoms with van der Waals surface area (Å²) in [6.07, 6.45) is 0.773. The Labute approximate surface area is 173 Å². The van der Waals surface area contributed by atoms with E-state index in [2.05, 4.69) is 43.2 Å². The molecule has 0 atom stereocenters. The van der Waals surface area contributed by atoms with Gasteiger partial charge >= 0.3 is 0 Å². The minimum atomic E-state index is -0.125. The third-order valence-corrected chi connectivity index (χ3v) is 5.81. The molecule has 0 saturated heterocycles. The SMILES string of the molecule is CCc1nnc2sc(-c3ccc(C)c(NC(=O)c4cccc(I)c4)c3)nn12. The maximum atomic E-state index is 12.6. The van der Waals surface area contributed by atoms with Gasteiger partial charge in [0.15, 0.2) is 5.82 Å². The molecule has 4 rings (SSSR count). The summed E-state index contributed by atoms with van der Waals surface area (Å²) in [4.78, 5) is 13.4. The molecule has 8 heteroatoms. The Morgan fingerprint density at radius 2 is 2.07 bits per heavy atom. The minimum absolute atomic E-state index is 0.125. The number of aryl methyl sites for hydroxylation is 2. The van der Waals surface area contributed by atoms with E-state index >= 15 is 0 Å². The number of nitrogens with one attached hydrogen (secondary N) is 1. The van der Waals surface area contributed by atoms with Crippen LogP contribution in [0.25, 0.3) is 15.5 Å². The highest BCUT2D eigenvalue weighted by Crippen LogP contribution is 2.29. The molecule has 0 spiro atoms. The van der Waals surface area contributed by atoms with Crippen LogP contribution >= 0.6 is 33.9 Å². The Morgan fingerprint density at radius 3 is 2.85 bits per heavy atom. The summed E-state index contributed by atoms with van der Waals surface area (Å²) in [5.41, 5.74) is 3.35. The van der Waals surface area contributed by atoms with Crippen LogP contribution in [-0.4, -0.2) is 25.7 Å². The average Bonchev–Trinajstić information content (AvgIpc) is 3.24. The Hall–Kier alpha value is -2.33. The van der Waals surface area contributed by atoms with Gasteiger partial charge in [0.05, 0.1) is 0 Å². The van der Waals surface area contributed by atoms with E-state index in [-0.39, 0.29) is 5.91 Å². The van der Waals surface area contributed by atoms with Gasteiger partial charge in [-0.25, -0.2) is 0 Å². The molecule has 1 N–H and O–H groups in total. The van der Waals surface area contributed by atoms with E-state index in [4.69, 9.17) is 0 Å². The van der Waals surface area contributed by atoms with Crippen LogP contribution in [0, 0.1) is 10.5 Å². The zero-order chi connectivity index (χ0) is 19.0. The van der Waals surface area contributed by atoms with E-state index in [1.807, 2.05) is 56.3 Å². The molecule has 0 fully saturated rings. The number of halogens is 1. The molecule has 136 valence electrons. The quantitative estimate of drug-likeness (QED) is 0.426. The third-order valence-electron chi connectivity index (χ3n) is 4.19. The van der Waals surface area contributed by atoms with Crippen LogP contribution in [0.3, 0.4) is 0 Å². The highest BCUT2D eigenvalue weighted by molar-refractivity contribution is 14.1. The lowest BCUT2D eigenvalue weighted by molar-refractivity contribution is 0.102. The first-order chi connectivity index (χ1) is 13.0. The number of aromatic nitrogens is 4. The number of fused-ring (bicyclic) bond motifs is 1. The van der Waals surface area contributed by atoms with E-state index in [1.54, 1.807) is 4.52 Å². The maximum Gasteiger partial charge on any atom is 0.255 e. The van der Waals surface area contributed by atoms with Gasteiger partial charge in [0.1, 0.15) is 5.01 Å². The number of carbonyl (C=O) groups is 1. The summed E-state index contributed by atoms with van der Waals surface area (Å²) >= 11 is 3.68. The second kappa shape index (κ2) is 7.35. The van der Waals surface area contributed by atoms with Crippen molar-refractivity contribution in [2.45, 2.75) is 20.3 Å². The molecule has 0 aliphatic carbocycles. The lowest BCUT2D eigenvalue weighted by Crippen LogP contribution is -2.13. The Morgan fingerprint density at radius 1 is 1.22 bits per heavy atom. The van der Waals surface area contributed by atoms with E-state index in [0.29, 0.717) is 5.56 Å². The van der Waals surface area contributed by atoms with E-state index in [1.165, 1.54) is 11.3 Å². The van der Waals surface area contributed by atoms with Gasteiger partial charge in [0.25, 0.3) is 5.91 Å². The van der Waals surface area contributed by atoms with Crippen LogP contribution in [0.2, 0.25) is 0 Å². The molecular weight excluding hydrogens is 473 g/mol. The van der Waals surface area contributed by atoms with Crippen molar-refractivity contribution in [3.05, 3.63) is 63.0 Å². The monoisotopic (exact) mass is 489 g/mol. The summed E-state index contributed by atoms with van der Waals surface area (Å²) in [5, 5.41) is 16.8. The van der Waals surface area contributed by atoms with Crippen LogP contribution in [0.4, 0.5) is 5.69 Å². The molecule has 2 aromatic heterocycles. The second-order valence-corrected chi connectivity index (χ2v) is 8.27. The summed E-state index contributed by atoms with van der Waals surface area (Å²) in [5.74, 6) is 0.715. The number of amides is 1. The molecule has 6 nitrogen and oxygen atoms in total. The maximum absolute atomic E-state index is 12.6. The predicted octanol–water partition coefficient (Wildman–Crippen LogP) is 4.58. The molecule has 0 unspecified atom stereocenters.